The number of hydrogen-bond acceptors (Lipinski definition) is 4. The Balaban J connectivity index is 2.16. The maximum Gasteiger partial charge on any atom is 0.148 e. The summed E-state index contributed by atoms with van der Waals surface area (Å²) in [6.07, 6.45) is 13.8. The van der Waals surface area contributed by atoms with Crippen molar-refractivity contribution in [3.8, 4) is 0 Å². The van der Waals surface area contributed by atoms with Crippen LogP contribution < -0.4 is 0 Å². The van der Waals surface area contributed by atoms with Gasteiger partial charge in [0, 0.05) is 7.11 Å². The zero-order valence-electron chi connectivity index (χ0n) is 14.4. The number of aldehydes is 1. The highest BCUT2D eigenvalue weighted by Crippen LogP contribution is 2.25. The summed E-state index contributed by atoms with van der Waals surface area (Å²) in [7, 11) is 1.63. The van der Waals surface area contributed by atoms with Gasteiger partial charge in [-0.05, 0) is 19.3 Å². The van der Waals surface area contributed by atoms with Crippen LogP contribution >= 0.6 is 0 Å². The van der Waals surface area contributed by atoms with Crippen LogP contribution in [0.1, 0.15) is 77.6 Å². The molecule has 3 atom stereocenters. The van der Waals surface area contributed by atoms with Gasteiger partial charge in [0.15, 0.2) is 0 Å². The third-order valence-electron chi connectivity index (χ3n) is 4.39. The van der Waals surface area contributed by atoms with Crippen LogP contribution in [0, 0.1) is 0 Å². The molecular formula is C18H34O4. The van der Waals surface area contributed by atoms with Crippen molar-refractivity contribution in [2.75, 3.05) is 13.9 Å². The van der Waals surface area contributed by atoms with E-state index in [2.05, 4.69) is 6.92 Å². The van der Waals surface area contributed by atoms with Crippen LogP contribution in [-0.2, 0) is 19.0 Å². The van der Waals surface area contributed by atoms with Crippen molar-refractivity contribution in [1.82, 2.24) is 0 Å². The first-order chi connectivity index (χ1) is 10.8. The molecule has 130 valence electrons. The highest BCUT2D eigenvalue weighted by molar-refractivity contribution is 5.56. The van der Waals surface area contributed by atoms with Crippen molar-refractivity contribution in [2.45, 2.75) is 95.9 Å². The minimum atomic E-state index is -0.249. The first-order valence-electron chi connectivity index (χ1n) is 9.03. The summed E-state index contributed by atoms with van der Waals surface area (Å²) in [5.74, 6) is 0. The fourth-order valence-electron chi connectivity index (χ4n) is 3.07. The Morgan fingerprint density at radius 3 is 2.36 bits per heavy atom. The van der Waals surface area contributed by atoms with Crippen molar-refractivity contribution in [3.05, 3.63) is 0 Å². The molecule has 0 bridgehead atoms. The molecule has 0 unspecified atom stereocenters. The monoisotopic (exact) mass is 314 g/mol. The third kappa shape index (κ3) is 8.25. The summed E-state index contributed by atoms with van der Waals surface area (Å²) in [6.45, 7) is 2.55. The number of ether oxygens (including phenoxy) is 3. The van der Waals surface area contributed by atoms with E-state index in [0.29, 0.717) is 6.79 Å². The molecule has 0 aliphatic carbocycles. The van der Waals surface area contributed by atoms with E-state index in [4.69, 9.17) is 14.2 Å². The molecule has 0 radical (unpaired) electrons. The van der Waals surface area contributed by atoms with Gasteiger partial charge in [-0.15, -0.1) is 0 Å². The lowest BCUT2D eigenvalue weighted by Gasteiger charge is -2.34. The largest absolute Gasteiger partial charge is 0.365 e. The SMILES string of the molecule is CCCCCCCCCC[C@@H]1O[C@H](C=O)CC[C@H]1OCOC. The van der Waals surface area contributed by atoms with Crippen molar-refractivity contribution < 1.29 is 19.0 Å². The van der Waals surface area contributed by atoms with E-state index in [1.54, 1.807) is 7.11 Å². The lowest BCUT2D eigenvalue weighted by Crippen LogP contribution is -2.41. The number of rotatable bonds is 13. The quantitative estimate of drug-likeness (QED) is 0.289. The summed E-state index contributed by atoms with van der Waals surface area (Å²) in [6, 6.07) is 0. The average molecular weight is 314 g/mol. The Hall–Kier alpha value is -0.450. The van der Waals surface area contributed by atoms with Gasteiger partial charge < -0.3 is 19.0 Å². The van der Waals surface area contributed by atoms with E-state index in [1.165, 1.54) is 44.9 Å². The van der Waals surface area contributed by atoms with E-state index in [1.807, 2.05) is 0 Å². The van der Waals surface area contributed by atoms with Crippen LogP contribution in [0.4, 0.5) is 0 Å². The Kier molecular flexibility index (Phi) is 11.6. The molecular weight excluding hydrogens is 280 g/mol. The van der Waals surface area contributed by atoms with Gasteiger partial charge >= 0.3 is 0 Å². The first kappa shape index (κ1) is 19.6. The number of hydrogen-bond donors (Lipinski definition) is 0. The van der Waals surface area contributed by atoms with Crippen molar-refractivity contribution in [3.63, 3.8) is 0 Å². The molecule has 0 N–H and O–H groups in total. The number of methoxy groups -OCH3 is 1. The molecule has 1 aliphatic heterocycles. The molecule has 1 fully saturated rings. The van der Waals surface area contributed by atoms with Crippen LogP contribution in [0.3, 0.4) is 0 Å². The maximum absolute atomic E-state index is 10.9. The van der Waals surface area contributed by atoms with E-state index in [0.717, 1.165) is 32.0 Å². The number of carbonyl (C=O) groups is 1. The molecule has 0 aromatic carbocycles. The topological polar surface area (TPSA) is 44.8 Å². The number of unbranched alkanes of at least 4 members (excludes halogenated alkanes) is 7. The Morgan fingerprint density at radius 2 is 1.73 bits per heavy atom. The van der Waals surface area contributed by atoms with Gasteiger partial charge in [-0.25, -0.2) is 0 Å². The summed E-state index contributed by atoms with van der Waals surface area (Å²) in [5.41, 5.74) is 0. The zero-order valence-corrected chi connectivity index (χ0v) is 14.4. The summed E-state index contributed by atoms with van der Waals surface area (Å²) < 4.78 is 16.5. The molecule has 0 aromatic rings. The lowest BCUT2D eigenvalue weighted by molar-refractivity contribution is -0.174. The molecule has 4 heteroatoms. The Morgan fingerprint density at radius 1 is 1.05 bits per heavy atom. The van der Waals surface area contributed by atoms with Crippen LogP contribution in [0.25, 0.3) is 0 Å². The predicted molar refractivity (Wildman–Crippen MR) is 87.9 cm³/mol. The lowest BCUT2D eigenvalue weighted by atomic mass is 9.96. The van der Waals surface area contributed by atoms with Crippen molar-refractivity contribution in [2.24, 2.45) is 0 Å². The summed E-state index contributed by atoms with van der Waals surface area (Å²) in [4.78, 5) is 10.9. The highest BCUT2D eigenvalue weighted by Gasteiger charge is 2.31. The van der Waals surface area contributed by atoms with Gasteiger partial charge in [-0.2, -0.15) is 0 Å². The van der Waals surface area contributed by atoms with Gasteiger partial charge in [-0.1, -0.05) is 58.3 Å². The summed E-state index contributed by atoms with van der Waals surface area (Å²) in [5, 5.41) is 0. The minimum Gasteiger partial charge on any atom is -0.365 e. The molecule has 22 heavy (non-hydrogen) atoms. The third-order valence-corrected chi connectivity index (χ3v) is 4.39. The zero-order chi connectivity index (χ0) is 16.0. The predicted octanol–water partition coefficient (Wildman–Crippen LogP) is 4.25. The van der Waals surface area contributed by atoms with Gasteiger partial charge in [0.1, 0.15) is 19.2 Å². The second-order valence-corrected chi connectivity index (χ2v) is 6.30. The maximum atomic E-state index is 10.9. The van der Waals surface area contributed by atoms with Crippen LogP contribution in [0.5, 0.6) is 0 Å². The average Bonchev–Trinajstić information content (AvgIpc) is 2.55. The standard InChI is InChI=1S/C18H34O4/c1-3-4-5-6-7-8-9-10-11-18-17(21-15-20-2)13-12-16(14-19)22-18/h14,16-18H,3-13,15H2,1-2H3/t16-,17+,18-/m0/s1. The first-order valence-corrected chi connectivity index (χ1v) is 9.03. The van der Waals surface area contributed by atoms with Gasteiger partial charge in [0.25, 0.3) is 0 Å². The van der Waals surface area contributed by atoms with E-state index < -0.39 is 0 Å². The van der Waals surface area contributed by atoms with Crippen LogP contribution in [0.2, 0.25) is 0 Å². The molecule has 4 nitrogen and oxygen atoms in total. The highest BCUT2D eigenvalue weighted by atomic mass is 16.7. The smallest absolute Gasteiger partial charge is 0.148 e. The second-order valence-electron chi connectivity index (χ2n) is 6.30. The second kappa shape index (κ2) is 13.0. The fourth-order valence-corrected chi connectivity index (χ4v) is 3.07. The van der Waals surface area contributed by atoms with E-state index in [-0.39, 0.29) is 18.3 Å². The fraction of sp³-hybridized carbons (Fsp3) is 0.944. The van der Waals surface area contributed by atoms with Gasteiger partial charge in [0.05, 0.1) is 12.2 Å². The van der Waals surface area contributed by atoms with Crippen LogP contribution in [-0.4, -0.2) is 38.5 Å². The molecule has 1 saturated heterocycles. The van der Waals surface area contributed by atoms with Gasteiger partial charge in [-0.3, -0.25) is 0 Å². The Labute approximate surface area is 135 Å². The van der Waals surface area contributed by atoms with Crippen molar-refractivity contribution in [1.29, 1.82) is 0 Å². The molecule has 1 heterocycles. The van der Waals surface area contributed by atoms with Crippen LogP contribution in [0.15, 0.2) is 0 Å². The molecule has 1 aliphatic rings. The molecule has 0 aromatic heterocycles. The number of carbonyl (C=O) groups excluding carboxylic acids is 1. The normalized spacial score (nSPS) is 25.3. The van der Waals surface area contributed by atoms with Gasteiger partial charge in [0.2, 0.25) is 0 Å². The molecule has 1 rings (SSSR count). The van der Waals surface area contributed by atoms with E-state index in [9.17, 15) is 4.79 Å². The minimum absolute atomic E-state index is 0.0409. The molecule has 0 saturated carbocycles. The molecule has 0 spiro atoms. The Bertz CT molecular complexity index is 270. The molecule has 0 amide bonds. The summed E-state index contributed by atoms with van der Waals surface area (Å²) >= 11 is 0. The van der Waals surface area contributed by atoms with E-state index >= 15 is 0 Å². The van der Waals surface area contributed by atoms with Crippen molar-refractivity contribution >= 4 is 6.29 Å².